The van der Waals surface area contributed by atoms with Crippen LogP contribution in [0.3, 0.4) is 0 Å². The molecule has 5 rings (SSSR count). The molecule has 0 radical (unpaired) electrons. The molecule has 1 aliphatic heterocycles. The highest BCUT2D eigenvalue weighted by atomic mass is 16.5. The molecule has 4 aliphatic rings. The van der Waals surface area contributed by atoms with Crippen LogP contribution in [-0.2, 0) is 9.53 Å². The maximum Gasteiger partial charge on any atom is 0.310 e. The Morgan fingerprint density at radius 3 is 2.44 bits per heavy atom. The third-order valence-corrected chi connectivity index (χ3v) is 8.95. The van der Waals surface area contributed by atoms with E-state index in [2.05, 4.69) is 40.5 Å². The molecule has 5 heteroatoms. The third-order valence-electron chi connectivity index (χ3n) is 8.95. The summed E-state index contributed by atoms with van der Waals surface area (Å²) in [7, 11) is 0. The summed E-state index contributed by atoms with van der Waals surface area (Å²) in [5.74, 6) is 0.838. The average Bonchev–Trinajstić information content (AvgIpc) is 3.53. The molecule has 32 heavy (non-hydrogen) atoms. The summed E-state index contributed by atoms with van der Waals surface area (Å²) < 4.78 is 6.30. The molecule has 1 saturated heterocycles. The summed E-state index contributed by atoms with van der Waals surface area (Å²) in [5.41, 5.74) is 1.16. The van der Waals surface area contributed by atoms with Crippen LogP contribution in [0.5, 0.6) is 0 Å². The van der Waals surface area contributed by atoms with Crippen LogP contribution in [0.2, 0.25) is 0 Å². The number of piperidine rings is 1. The Bertz CT molecular complexity index is 766. The highest BCUT2D eigenvalue weighted by Crippen LogP contribution is 2.44. The number of carboxylic acids is 1. The van der Waals surface area contributed by atoms with Crippen molar-refractivity contribution in [3.8, 4) is 0 Å². The molecule has 2 N–H and O–H groups in total. The van der Waals surface area contributed by atoms with Crippen LogP contribution in [0.25, 0.3) is 0 Å². The van der Waals surface area contributed by atoms with Crippen LogP contribution in [0.4, 0.5) is 0 Å². The topological polar surface area (TPSA) is 61.8 Å². The Kier molecular flexibility index (Phi) is 6.60. The van der Waals surface area contributed by atoms with Crippen molar-refractivity contribution in [3.05, 3.63) is 35.9 Å². The molecule has 0 amide bonds. The molecule has 3 saturated carbocycles. The van der Waals surface area contributed by atoms with E-state index in [4.69, 9.17) is 4.74 Å². The molecule has 1 aromatic carbocycles. The Labute approximate surface area is 192 Å². The van der Waals surface area contributed by atoms with E-state index in [0.29, 0.717) is 12.0 Å². The van der Waals surface area contributed by atoms with Gasteiger partial charge in [0, 0.05) is 37.1 Å². The number of aliphatic carboxylic acids is 1. The molecule has 2 unspecified atom stereocenters. The Morgan fingerprint density at radius 2 is 1.84 bits per heavy atom. The zero-order valence-electron chi connectivity index (χ0n) is 19.4. The van der Waals surface area contributed by atoms with Crippen LogP contribution in [0, 0.1) is 16.7 Å². The second-order valence-corrected chi connectivity index (χ2v) is 11.3. The minimum atomic E-state index is -0.591. The molecular formula is C27H40N2O3. The SMILES string of the molecule is O=C(O)C1(CN2CCC(CNC3CC3c3ccccc3)(COCC3CCC3)CC2)CCC1. The highest BCUT2D eigenvalue weighted by Gasteiger charge is 2.47. The lowest BCUT2D eigenvalue weighted by atomic mass is 9.68. The lowest BCUT2D eigenvalue weighted by molar-refractivity contribution is -0.157. The molecule has 176 valence electrons. The molecule has 3 aliphatic carbocycles. The van der Waals surface area contributed by atoms with Gasteiger partial charge in [-0.15, -0.1) is 0 Å². The van der Waals surface area contributed by atoms with E-state index in [1.54, 1.807) is 0 Å². The van der Waals surface area contributed by atoms with Crippen molar-refractivity contribution in [2.24, 2.45) is 16.7 Å². The number of hydrogen-bond acceptors (Lipinski definition) is 4. The number of nitrogens with one attached hydrogen (secondary N) is 1. The van der Waals surface area contributed by atoms with Crippen molar-refractivity contribution < 1.29 is 14.6 Å². The smallest absolute Gasteiger partial charge is 0.310 e. The van der Waals surface area contributed by atoms with Gasteiger partial charge in [-0.3, -0.25) is 4.79 Å². The summed E-state index contributed by atoms with van der Waals surface area (Å²) >= 11 is 0. The first kappa shape index (κ1) is 22.4. The van der Waals surface area contributed by atoms with Crippen molar-refractivity contribution in [1.29, 1.82) is 0 Å². The normalized spacial score (nSPS) is 29.1. The number of benzene rings is 1. The number of nitrogens with zero attached hydrogens (tertiary/aromatic N) is 1. The summed E-state index contributed by atoms with van der Waals surface area (Å²) in [6.45, 7) is 5.50. The van der Waals surface area contributed by atoms with Crippen molar-refractivity contribution in [2.75, 3.05) is 39.4 Å². The molecule has 4 fully saturated rings. The van der Waals surface area contributed by atoms with E-state index in [9.17, 15) is 9.90 Å². The fraction of sp³-hybridized carbons (Fsp3) is 0.741. The largest absolute Gasteiger partial charge is 0.481 e. The molecule has 0 bridgehead atoms. The molecule has 2 atom stereocenters. The fourth-order valence-corrected chi connectivity index (χ4v) is 5.97. The minimum Gasteiger partial charge on any atom is -0.481 e. The van der Waals surface area contributed by atoms with E-state index in [-0.39, 0.29) is 5.41 Å². The summed E-state index contributed by atoms with van der Waals surface area (Å²) in [6, 6.07) is 11.5. The molecule has 1 heterocycles. The molecule has 1 aromatic rings. The maximum absolute atomic E-state index is 11.8. The van der Waals surface area contributed by atoms with Gasteiger partial charge in [-0.1, -0.05) is 43.2 Å². The van der Waals surface area contributed by atoms with Crippen molar-refractivity contribution in [3.63, 3.8) is 0 Å². The third kappa shape index (κ3) is 4.90. The average molecular weight is 441 g/mol. The van der Waals surface area contributed by atoms with Crippen LogP contribution in [0.15, 0.2) is 30.3 Å². The number of rotatable bonds is 11. The Morgan fingerprint density at radius 1 is 1.09 bits per heavy atom. The first-order chi connectivity index (χ1) is 15.6. The lowest BCUT2D eigenvalue weighted by Gasteiger charge is -2.47. The van der Waals surface area contributed by atoms with E-state index in [1.807, 2.05) is 0 Å². The summed E-state index contributed by atoms with van der Waals surface area (Å²) in [5, 5.41) is 13.6. The van der Waals surface area contributed by atoms with Gasteiger partial charge < -0.3 is 20.1 Å². The van der Waals surface area contributed by atoms with Gasteiger partial charge in [-0.25, -0.2) is 0 Å². The number of carbonyl (C=O) groups is 1. The van der Waals surface area contributed by atoms with Crippen molar-refractivity contribution in [1.82, 2.24) is 10.2 Å². The first-order valence-electron chi connectivity index (χ1n) is 12.9. The van der Waals surface area contributed by atoms with E-state index in [1.165, 1.54) is 31.2 Å². The summed E-state index contributed by atoms with van der Waals surface area (Å²) in [4.78, 5) is 14.2. The zero-order chi connectivity index (χ0) is 22.0. The fourth-order valence-electron chi connectivity index (χ4n) is 5.97. The van der Waals surface area contributed by atoms with Gasteiger partial charge in [-0.05, 0) is 69.5 Å². The standard InChI is InChI=1S/C27H40N2O3/c30-25(31)27(10-5-11-27)19-29-14-12-26(13-15-29,20-32-17-21-6-4-7-21)18-28-24-16-23(24)22-8-2-1-3-9-22/h1-3,8-9,21,23-24,28H,4-7,10-20H2,(H,30,31). The minimum absolute atomic E-state index is 0.181. The predicted octanol–water partition coefficient (Wildman–Crippen LogP) is 4.29. The van der Waals surface area contributed by atoms with Crippen LogP contribution in [0.1, 0.15) is 69.3 Å². The second-order valence-electron chi connectivity index (χ2n) is 11.3. The highest BCUT2D eigenvalue weighted by molar-refractivity contribution is 5.76. The van der Waals surface area contributed by atoms with Gasteiger partial charge in [0.25, 0.3) is 0 Å². The Hall–Kier alpha value is -1.43. The lowest BCUT2D eigenvalue weighted by Crippen LogP contribution is -2.53. The number of ether oxygens (including phenoxy) is 1. The predicted molar refractivity (Wildman–Crippen MR) is 126 cm³/mol. The number of carboxylic acid groups (broad SMARTS) is 1. The van der Waals surface area contributed by atoms with Gasteiger partial charge in [0.15, 0.2) is 0 Å². The first-order valence-corrected chi connectivity index (χ1v) is 12.9. The monoisotopic (exact) mass is 440 g/mol. The van der Waals surface area contributed by atoms with E-state index in [0.717, 1.165) is 77.4 Å². The second kappa shape index (κ2) is 9.44. The Balaban J connectivity index is 1.15. The van der Waals surface area contributed by atoms with Crippen molar-refractivity contribution in [2.45, 2.75) is 69.7 Å². The molecular weight excluding hydrogens is 400 g/mol. The van der Waals surface area contributed by atoms with Gasteiger partial charge in [0.05, 0.1) is 12.0 Å². The molecule has 5 nitrogen and oxygen atoms in total. The van der Waals surface area contributed by atoms with E-state index < -0.39 is 11.4 Å². The van der Waals surface area contributed by atoms with Crippen molar-refractivity contribution >= 4 is 5.97 Å². The quantitative estimate of drug-likeness (QED) is 0.538. The van der Waals surface area contributed by atoms with Gasteiger partial charge in [0.1, 0.15) is 0 Å². The van der Waals surface area contributed by atoms with Gasteiger partial charge >= 0.3 is 5.97 Å². The van der Waals surface area contributed by atoms with Gasteiger partial charge in [-0.2, -0.15) is 0 Å². The maximum atomic E-state index is 11.8. The zero-order valence-corrected chi connectivity index (χ0v) is 19.4. The van der Waals surface area contributed by atoms with Crippen LogP contribution < -0.4 is 5.32 Å². The van der Waals surface area contributed by atoms with Gasteiger partial charge in [0.2, 0.25) is 0 Å². The van der Waals surface area contributed by atoms with Crippen LogP contribution >= 0.6 is 0 Å². The number of likely N-dealkylation sites (tertiary alicyclic amines) is 1. The number of hydrogen-bond donors (Lipinski definition) is 2. The van der Waals surface area contributed by atoms with E-state index >= 15 is 0 Å². The van der Waals surface area contributed by atoms with Crippen LogP contribution in [-0.4, -0.2) is 61.4 Å². The summed E-state index contributed by atoms with van der Waals surface area (Å²) in [6.07, 6.45) is 10.2. The molecule has 0 spiro atoms. The molecule has 0 aromatic heterocycles.